The van der Waals surface area contributed by atoms with Crippen LogP contribution in [0.4, 0.5) is 5.69 Å². The number of rotatable bonds is 7. The molecule has 1 spiro atoms. The van der Waals surface area contributed by atoms with Gasteiger partial charge in [0.05, 0.1) is 30.6 Å². The van der Waals surface area contributed by atoms with E-state index >= 15 is 0 Å². The van der Waals surface area contributed by atoms with Crippen LogP contribution in [0.5, 0.6) is 0 Å². The van der Waals surface area contributed by atoms with Crippen molar-refractivity contribution < 1.29 is 24.2 Å². The van der Waals surface area contributed by atoms with Crippen molar-refractivity contribution in [1.29, 1.82) is 0 Å². The third-order valence-electron chi connectivity index (χ3n) is 9.78. The van der Waals surface area contributed by atoms with Gasteiger partial charge in [-0.1, -0.05) is 93.6 Å². The number of benzene rings is 2. The van der Waals surface area contributed by atoms with Crippen LogP contribution in [-0.4, -0.2) is 81.7 Å². The van der Waals surface area contributed by atoms with Crippen molar-refractivity contribution in [3.63, 3.8) is 0 Å². The van der Waals surface area contributed by atoms with Crippen molar-refractivity contribution >= 4 is 23.4 Å². The van der Waals surface area contributed by atoms with E-state index in [0.717, 1.165) is 17.7 Å². The predicted molar refractivity (Wildman–Crippen MR) is 173 cm³/mol. The van der Waals surface area contributed by atoms with Crippen LogP contribution in [0, 0.1) is 17.3 Å². The minimum Gasteiger partial charge on any atom is -0.394 e. The molecule has 1 N–H and O–H groups in total. The van der Waals surface area contributed by atoms with Crippen molar-refractivity contribution in [2.75, 3.05) is 24.6 Å². The van der Waals surface area contributed by atoms with E-state index in [1.54, 1.807) is 9.80 Å². The molecule has 8 nitrogen and oxygen atoms in total. The second-order valence-corrected chi connectivity index (χ2v) is 14.7. The Kier molecular flexibility index (Phi) is 8.02. The molecule has 0 bridgehead atoms. The number of aliphatic hydroxyl groups excluding tert-OH is 1. The van der Waals surface area contributed by atoms with Crippen molar-refractivity contribution in [2.45, 2.75) is 76.8 Å². The fraction of sp³-hybridized carbons (Fsp3) is 0.486. The van der Waals surface area contributed by atoms with Crippen LogP contribution in [0.15, 0.2) is 85.0 Å². The summed E-state index contributed by atoms with van der Waals surface area (Å²) in [6.07, 6.45) is 8.05. The number of amides is 3. The molecule has 45 heavy (non-hydrogen) atoms. The van der Waals surface area contributed by atoms with Gasteiger partial charge in [-0.15, -0.1) is 0 Å². The molecule has 4 aliphatic rings. The highest BCUT2D eigenvalue weighted by Crippen LogP contribution is 2.54. The van der Waals surface area contributed by atoms with Crippen LogP contribution in [0.2, 0.25) is 0 Å². The molecule has 4 aliphatic heterocycles. The number of ether oxygens (including phenoxy) is 1. The topological polar surface area (TPSA) is 90.4 Å². The van der Waals surface area contributed by atoms with Crippen molar-refractivity contribution in [2.24, 2.45) is 17.3 Å². The molecule has 3 amide bonds. The summed E-state index contributed by atoms with van der Waals surface area (Å²) in [5.41, 5.74) is -0.261. The Balaban J connectivity index is 1.46. The minimum atomic E-state index is -1.36. The van der Waals surface area contributed by atoms with Crippen LogP contribution in [-0.2, 0) is 25.5 Å². The summed E-state index contributed by atoms with van der Waals surface area (Å²) in [5, 5.41) is 10.8. The van der Waals surface area contributed by atoms with E-state index in [0.29, 0.717) is 19.5 Å². The zero-order chi connectivity index (χ0) is 32.1. The lowest BCUT2D eigenvalue weighted by atomic mass is 9.77. The predicted octanol–water partition coefficient (Wildman–Crippen LogP) is 4.39. The largest absolute Gasteiger partial charge is 0.394 e. The summed E-state index contributed by atoms with van der Waals surface area (Å²) in [7, 11) is 0. The van der Waals surface area contributed by atoms with E-state index in [4.69, 9.17) is 4.74 Å². The van der Waals surface area contributed by atoms with E-state index in [2.05, 4.69) is 34.6 Å². The number of anilines is 1. The molecular formula is C37H45N3O5. The molecule has 2 aromatic carbocycles. The van der Waals surface area contributed by atoms with Crippen molar-refractivity contribution in [1.82, 2.24) is 9.80 Å². The Bertz CT molecular complexity index is 1500. The average molecular weight is 612 g/mol. The van der Waals surface area contributed by atoms with Gasteiger partial charge in [0.25, 0.3) is 0 Å². The summed E-state index contributed by atoms with van der Waals surface area (Å²) in [6.45, 7) is 11.0. The zero-order valence-electron chi connectivity index (χ0n) is 26.9. The number of aliphatic hydroxyl groups is 1. The van der Waals surface area contributed by atoms with E-state index in [9.17, 15) is 19.5 Å². The number of nitrogens with zero attached hydrogens (tertiary/aromatic N) is 3. The third kappa shape index (κ3) is 5.42. The second-order valence-electron chi connectivity index (χ2n) is 14.7. The molecule has 8 heteroatoms. The van der Waals surface area contributed by atoms with E-state index in [-0.39, 0.29) is 29.7 Å². The Morgan fingerprint density at radius 1 is 0.889 bits per heavy atom. The Morgan fingerprint density at radius 3 is 2.20 bits per heavy atom. The molecule has 0 aromatic heterocycles. The lowest BCUT2D eigenvalue weighted by Crippen LogP contribution is -2.62. The smallest absolute Gasteiger partial charge is 0.249 e. The highest BCUT2D eigenvalue weighted by molar-refractivity contribution is 6.04. The summed E-state index contributed by atoms with van der Waals surface area (Å²) in [4.78, 5) is 49.4. The van der Waals surface area contributed by atoms with Gasteiger partial charge >= 0.3 is 0 Å². The van der Waals surface area contributed by atoms with Crippen LogP contribution in [0.1, 0.15) is 46.6 Å². The lowest BCUT2D eigenvalue weighted by Gasteiger charge is -2.45. The van der Waals surface area contributed by atoms with Crippen molar-refractivity contribution in [3.05, 3.63) is 90.5 Å². The molecule has 4 heterocycles. The van der Waals surface area contributed by atoms with Gasteiger partial charge in [0.15, 0.2) is 0 Å². The molecular weight excluding hydrogens is 566 g/mol. The number of hydrogen-bond acceptors (Lipinski definition) is 5. The van der Waals surface area contributed by atoms with Gasteiger partial charge in [0.1, 0.15) is 11.6 Å². The number of carbonyl (C=O) groups is 3. The standard InChI is InChI=1S/C37H45N3O5/c1-35(2,3)24-36(4,5)39-21-13-19-37-30(29-28(45-37)18-12-20-38(32(29)42)26-16-10-7-11-17-26)33(43)40(31(37)34(39)44)27(23-41)22-25-14-8-6-9-15-25/h6-19,27-31,41H,20-24H2,1-5H3/t27-,28-,29+,30+,31?,37+/m1/s1. The highest BCUT2D eigenvalue weighted by atomic mass is 16.5. The Labute approximate surface area is 266 Å². The van der Waals surface area contributed by atoms with Crippen molar-refractivity contribution in [3.8, 4) is 0 Å². The summed E-state index contributed by atoms with van der Waals surface area (Å²) in [6, 6.07) is 17.4. The molecule has 0 aliphatic carbocycles. The van der Waals surface area contributed by atoms with Crippen LogP contribution < -0.4 is 4.90 Å². The first kappa shape index (κ1) is 31.2. The number of carbonyl (C=O) groups excluding carboxylic acids is 3. The molecule has 238 valence electrons. The third-order valence-corrected chi connectivity index (χ3v) is 9.78. The molecule has 2 fully saturated rings. The maximum atomic E-state index is 15.0. The minimum absolute atomic E-state index is 0.0543. The number of para-hydroxylation sites is 1. The monoisotopic (exact) mass is 611 g/mol. The maximum Gasteiger partial charge on any atom is 0.249 e. The Morgan fingerprint density at radius 2 is 1.56 bits per heavy atom. The van der Waals surface area contributed by atoms with Gasteiger partial charge in [-0.05, 0) is 49.8 Å². The summed E-state index contributed by atoms with van der Waals surface area (Å²) in [5.74, 6) is -2.50. The summed E-state index contributed by atoms with van der Waals surface area (Å²) < 4.78 is 6.86. The number of likely N-dealkylation sites (tertiary alicyclic amines) is 1. The van der Waals surface area contributed by atoms with Gasteiger partial charge in [-0.25, -0.2) is 0 Å². The van der Waals surface area contributed by atoms with Gasteiger partial charge < -0.3 is 24.5 Å². The fourth-order valence-electron chi connectivity index (χ4n) is 8.38. The highest BCUT2D eigenvalue weighted by Gasteiger charge is 2.73. The van der Waals surface area contributed by atoms with Crippen LogP contribution >= 0.6 is 0 Å². The molecule has 0 saturated carbocycles. The second kappa shape index (κ2) is 11.6. The molecule has 0 radical (unpaired) electrons. The Hall–Kier alpha value is -3.75. The lowest BCUT2D eigenvalue weighted by molar-refractivity contribution is -0.154. The quantitative estimate of drug-likeness (QED) is 0.470. The van der Waals surface area contributed by atoms with Gasteiger partial charge in [-0.2, -0.15) is 0 Å². The first-order valence-electron chi connectivity index (χ1n) is 16.0. The average Bonchev–Trinajstić information content (AvgIpc) is 3.30. The maximum absolute atomic E-state index is 15.0. The first-order valence-corrected chi connectivity index (χ1v) is 16.0. The molecule has 6 rings (SSSR count). The van der Waals surface area contributed by atoms with E-state index < -0.39 is 41.2 Å². The molecule has 2 saturated heterocycles. The fourth-order valence-corrected chi connectivity index (χ4v) is 8.38. The number of hydrogen-bond donors (Lipinski definition) is 1. The first-order chi connectivity index (χ1) is 21.4. The zero-order valence-corrected chi connectivity index (χ0v) is 26.9. The molecule has 6 atom stereocenters. The van der Waals surface area contributed by atoms with Crippen LogP contribution in [0.3, 0.4) is 0 Å². The van der Waals surface area contributed by atoms with Gasteiger partial charge in [-0.3, -0.25) is 14.4 Å². The van der Waals surface area contributed by atoms with Crippen LogP contribution in [0.25, 0.3) is 0 Å². The normalized spacial score (nSPS) is 28.9. The number of fused-ring (bicyclic) bond motifs is 2. The van der Waals surface area contributed by atoms with Gasteiger partial charge in [0, 0.05) is 24.3 Å². The molecule has 1 unspecified atom stereocenters. The summed E-state index contributed by atoms with van der Waals surface area (Å²) >= 11 is 0. The SMILES string of the molecule is CC(C)(C)CC(C)(C)N1CC=C[C@]23O[C@@H]4C=CCN(c5ccccc5)C(=O)[C@@H]4[C@H]2C(=O)N([C@@H](CO)Cc2ccccc2)C3C1=O. The van der Waals surface area contributed by atoms with E-state index in [1.165, 1.54) is 0 Å². The van der Waals surface area contributed by atoms with E-state index in [1.807, 2.05) is 89.9 Å². The van der Waals surface area contributed by atoms with Gasteiger partial charge in [0.2, 0.25) is 17.7 Å². The molecule has 2 aromatic rings.